The van der Waals surface area contributed by atoms with E-state index in [0.717, 1.165) is 43.7 Å². The lowest BCUT2D eigenvalue weighted by molar-refractivity contribution is -0.137. The highest BCUT2D eigenvalue weighted by Crippen LogP contribution is 2.31. The Bertz CT molecular complexity index is 556. The molecular formula is C14H14F3N3. The molecule has 6 heteroatoms. The molecule has 0 atom stereocenters. The standard InChI is InChI=1S/C14H14F3N3/c15-14(16,17)11-5-6-12(10(8-11)9-18)20-13-4-2-1-3-7-19-13/h5-6,8H,1-4,7H2,(H,19,20). The van der Waals surface area contributed by atoms with E-state index in [-0.39, 0.29) is 5.56 Å². The summed E-state index contributed by atoms with van der Waals surface area (Å²) in [4.78, 5) is 4.34. The second kappa shape index (κ2) is 5.95. The molecule has 0 fully saturated rings. The number of alkyl halides is 3. The lowest BCUT2D eigenvalue weighted by atomic mass is 10.1. The Morgan fingerprint density at radius 3 is 2.70 bits per heavy atom. The van der Waals surface area contributed by atoms with Gasteiger partial charge in [0, 0.05) is 13.0 Å². The summed E-state index contributed by atoms with van der Waals surface area (Å²) in [6.45, 7) is 0.713. The molecule has 0 unspecified atom stereocenters. The van der Waals surface area contributed by atoms with Crippen LogP contribution in [-0.2, 0) is 6.18 Å². The number of aliphatic imine (C=N–C) groups is 1. The molecule has 1 aliphatic rings. The van der Waals surface area contributed by atoms with E-state index in [4.69, 9.17) is 5.26 Å². The van der Waals surface area contributed by atoms with E-state index in [1.807, 2.05) is 0 Å². The van der Waals surface area contributed by atoms with Gasteiger partial charge in [0.15, 0.2) is 0 Å². The van der Waals surface area contributed by atoms with Crippen LogP contribution in [0.4, 0.5) is 18.9 Å². The summed E-state index contributed by atoms with van der Waals surface area (Å²) >= 11 is 0. The molecule has 106 valence electrons. The van der Waals surface area contributed by atoms with Gasteiger partial charge < -0.3 is 5.32 Å². The molecule has 0 bridgehead atoms. The van der Waals surface area contributed by atoms with E-state index in [1.54, 1.807) is 6.07 Å². The Hall–Kier alpha value is -2.03. The lowest BCUT2D eigenvalue weighted by Gasteiger charge is -2.12. The normalized spacial score (nSPS) is 16.0. The Kier molecular flexibility index (Phi) is 4.28. The average Bonchev–Trinajstić information content (AvgIpc) is 2.66. The van der Waals surface area contributed by atoms with E-state index < -0.39 is 11.7 Å². The van der Waals surface area contributed by atoms with Crippen molar-refractivity contribution >= 4 is 11.5 Å². The maximum atomic E-state index is 12.6. The van der Waals surface area contributed by atoms with E-state index in [2.05, 4.69) is 10.3 Å². The number of rotatable bonds is 1. The van der Waals surface area contributed by atoms with Gasteiger partial charge in [0.05, 0.1) is 16.8 Å². The quantitative estimate of drug-likeness (QED) is 0.847. The fourth-order valence-electron chi connectivity index (χ4n) is 2.05. The van der Waals surface area contributed by atoms with Crippen molar-refractivity contribution < 1.29 is 13.2 Å². The minimum atomic E-state index is -4.44. The van der Waals surface area contributed by atoms with Crippen molar-refractivity contribution in [2.45, 2.75) is 31.9 Å². The van der Waals surface area contributed by atoms with Crippen LogP contribution in [0.3, 0.4) is 0 Å². The molecule has 3 nitrogen and oxygen atoms in total. The van der Waals surface area contributed by atoms with Crippen LogP contribution >= 0.6 is 0 Å². The van der Waals surface area contributed by atoms with Gasteiger partial charge >= 0.3 is 6.18 Å². The van der Waals surface area contributed by atoms with Crippen LogP contribution in [0.2, 0.25) is 0 Å². The van der Waals surface area contributed by atoms with Crippen LogP contribution < -0.4 is 5.32 Å². The maximum absolute atomic E-state index is 12.6. The molecule has 0 amide bonds. The molecule has 1 aromatic carbocycles. The fraction of sp³-hybridized carbons (Fsp3) is 0.429. The molecule has 2 rings (SSSR count). The Labute approximate surface area is 115 Å². The monoisotopic (exact) mass is 281 g/mol. The molecule has 0 aromatic heterocycles. The first kappa shape index (κ1) is 14.4. The zero-order chi connectivity index (χ0) is 14.6. The number of hydrogen-bond donors (Lipinski definition) is 1. The molecular weight excluding hydrogens is 267 g/mol. The van der Waals surface area contributed by atoms with Gasteiger partial charge in [-0.15, -0.1) is 0 Å². The van der Waals surface area contributed by atoms with Crippen molar-refractivity contribution in [1.29, 1.82) is 5.26 Å². The Morgan fingerprint density at radius 2 is 2.00 bits per heavy atom. The van der Waals surface area contributed by atoms with E-state index in [9.17, 15) is 13.2 Å². The fourth-order valence-corrected chi connectivity index (χ4v) is 2.05. The summed E-state index contributed by atoms with van der Waals surface area (Å²) in [6.07, 6.45) is -0.583. The summed E-state index contributed by atoms with van der Waals surface area (Å²) in [5, 5.41) is 12.0. The van der Waals surface area contributed by atoms with Gasteiger partial charge in [-0.25, -0.2) is 0 Å². The molecule has 0 spiro atoms. The van der Waals surface area contributed by atoms with Gasteiger partial charge in [0.25, 0.3) is 0 Å². The van der Waals surface area contributed by atoms with Gasteiger partial charge in [0.1, 0.15) is 11.9 Å². The highest BCUT2D eigenvalue weighted by atomic mass is 19.4. The van der Waals surface area contributed by atoms with Crippen molar-refractivity contribution in [3.8, 4) is 6.07 Å². The van der Waals surface area contributed by atoms with Crippen LogP contribution in [0.5, 0.6) is 0 Å². The third-order valence-corrected chi connectivity index (χ3v) is 3.12. The molecule has 1 aromatic rings. The summed E-state index contributed by atoms with van der Waals surface area (Å²) in [7, 11) is 0. The maximum Gasteiger partial charge on any atom is 0.416 e. The number of benzene rings is 1. The Balaban J connectivity index is 2.24. The minimum Gasteiger partial charge on any atom is -0.343 e. The second-order valence-corrected chi connectivity index (χ2v) is 4.63. The summed E-state index contributed by atoms with van der Waals surface area (Å²) in [6, 6.07) is 4.92. The first-order chi connectivity index (χ1) is 9.50. The highest BCUT2D eigenvalue weighted by Gasteiger charge is 2.31. The van der Waals surface area contributed by atoms with Crippen molar-refractivity contribution in [3.63, 3.8) is 0 Å². The molecule has 0 aliphatic carbocycles. The minimum absolute atomic E-state index is 0.0215. The summed E-state index contributed by atoms with van der Waals surface area (Å²) in [5.74, 6) is 0.735. The summed E-state index contributed by atoms with van der Waals surface area (Å²) in [5.41, 5.74) is -0.463. The molecule has 0 saturated carbocycles. The van der Waals surface area contributed by atoms with Crippen LogP contribution in [0.1, 0.15) is 36.8 Å². The number of nitrogens with zero attached hydrogens (tertiary/aromatic N) is 2. The van der Waals surface area contributed by atoms with Crippen LogP contribution in [-0.4, -0.2) is 12.4 Å². The van der Waals surface area contributed by atoms with Crippen LogP contribution in [0.15, 0.2) is 23.2 Å². The largest absolute Gasteiger partial charge is 0.416 e. The first-order valence-electron chi connectivity index (χ1n) is 6.42. The molecule has 0 radical (unpaired) electrons. The third-order valence-electron chi connectivity index (χ3n) is 3.12. The molecule has 1 heterocycles. The van der Waals surface area contributed by atoms with E-state index >= 15 is 0 Å². The molecule has 0 saturated heterocycles. The Morgan fingerprint density at radius 1 is 1.20 bits per heavy atom. The predicted molar refractivity (Wildman–Crippen MR) is 70.6 cm³/mol. The van der Waals surface area contributed by atoms with Gasteiger partial charge in [-0.2, -0.15) is 18.4 Å². The van der Waals surface area contributed by atoms with E-state index in [1.165, 1.54) is 6.07 Å². The average molecular weight is 281 g/mol. The zero-order valence-electron chi connectivity index (χ0n) is 10.8. The number of anilines is 1. The lowest BCUT2D eigenvalue weighted by Crippen LogP contribution is -2.13. The highest BCUT2D eigenvalue weighted by molar-refractivity contribution is 5.96. The third kappa shape index (κ3) is 3.50. The number of hydrogen-bond acceptors (Lipinski definition) is 3. The molecule has 20 heavy (non-hydrogen) atoms. The zero-order valence-corrected chi connectivity index (χ0v) is 10.8. The molecule has 1 N–H and O–H groups in total. The van der Waals surface area contributed by atoms with Gasteiger partial charge in [-0.3, -0.25) is 4.99 Å². The predicted octanol–water partition coefficient (Wildman–Crippen LogP) is 3.96. The molecule has 1 aliphatic heterocycles. The number of nitriles is 1. The van der Waals surface area contributed by atoms with Gasteiger partial charge in [-0.1, -0.05) is 6.42 Å². The van der Waals surface area contributed by atoms with Gasteiger partial charge in [-0.05, 0) is 31.0 Å². The van der Waals surface area contributed by atoms with Crippen LogP contribution in [0, 0.1) is 11.3 Å². The van der Waals surface area contributed by atoms with Crippen molar-refractivity contribution in [1.82, 2.24) is 0 Å². The van der Waals surface area contributed by atoms with Gasteiger partial charge in [0.2, 0.25) is 0 Å². The number of amidine groups is 1. The smallest absolute Gasteiger partial charge is 0.343 e. The van der Waals surface area contributed by atoms with Crippen molar-refractivity contribution in [3.05, 3.63) is 29.3 Å². The van der Waals surface area contributed by atoms with Crippen LogP contribution in [0.25, 0.3) is 0 Å². The topological polar surface area (TPSA) is 48.2 Å². The SMILES string of the molecule is N#Cc1cc(C(F)(F)F)ccc1NC1=NCCCCC1. The number of nitrogens with one attached hydrogen (secondary N) is 1. The van der Waals surface area contributed by atoms with E-state index in [0.29, 0.717) is 12.2 Å². The van der Waals surface area contributed by atoms with Crippen molar-refractivity contribution in [2.24, 2.45) is 4.99 Å². The summed E-state index contributed by atoms with van der Waals surface area (Å²) < 4.78 is 37.8. The first-order valence-corrected chi connectivity index (χ1v) is 6.42. The second-order valence-electron chi connectivity index (χ2n) is 4.63. The van der Waals surface area contributed by atoms with Crippen molar-refractivity contribution in [2.75, 3.05) is 11.9 Å². The number of halogens is 3.